The monoisotopic (exact) mass is 457 g/mol. The first kappa shape index (κ1) is 23.9. The second kappa shape index (κ2) is 9.65. The standard InChI is InChI=1S/C21H20ClF3NO3P/c1-4-15(16-11-14(22)6-5-12(16)2)20(30(3,28)29)21(27)26-8-7-13-9-17(23)19(25)18(24)10-13/h4-11,20H,1-3H3,(H,26,27)(H,28,29)/b8-7+,15-4+. The first-order valence-corrected chi connectivity index (χ1v) is 11.3. The molecule has 2 N–H and O–H groups in total. The van der Waals surface area contributed by atoms with E-state index in [-0.39, 0.29) is 5.56 Å². The Bertz CT molecular complexity index is 1060. The van der Waals surface area contributed by atoms with Crippen LogP contribution in [0.15, 0.2) is 42.6 Å². The van der Waals surface area contributed by atoms with E-state index in [2.05, 4.69) is 5.32 Å². The third-order valence-corrected chi connectivity index (χ3v) is 6.06. The molecule has 0 aromatic heterocycles. The van der Waals surface area contributed by atoms with Gasteiger partial charge in [-0.1, -0.05) is 23.7 Å². The second-order valence-electron chi connectivity index (χ2n) is 6.69. The molecular formula is C21H20ClF3NO3P. The normalized spacial score (nSPS) is 15.1. The Labute approximate surface area is 177 Å². The van der Waals surface area contributed by atoms with Crippen LogP contribution in [0.2, 0.25) is 5.02 Å². The van der Waals surface area contributed by atoms with E-state index in [0.717, 1.165) is 36.6 Å². The molecule has 0 aliphatic heterocycles. The molecule has 30 heavy (non-hydrogen) atoms. The summed E-state index contributed by atoms with van der Waals surface area (Å²) in [5.41, 5.74) is 0.169. The molecular weight excluding hydrogens is 438 g/mol. The smallest absolute Gasteiger partial charge is 0.241 e. The Morgan fingerprint density at radius 3 is 2.33 bits per heavy atom. The molecule has 0 heterocycles. The number of nitrogens with one attached hydrogen (secondary N) is 1. The lowest BCUT2D eigenvalue weighted by Crippen LogP contribution is -2.32. The van der Waals surface area contributed by atoms with Crippen LogP contribution in [0, 0.1) is 24.4 Å². The largest absolute Gasteiger partial charge is 0.344 e. The van der Waals surface area contributed by atoms with Crippen LogP contribution in [-0.4, -0.2) is 23.1 Å². The van der Waals surface area contributed by atoms with E-state index in [0.29, 0.717) is 16.2 Å². The van der Waals surface area contributed by atoms with Gasteiger partial charge in [0.2, 0.25) is 13.3 Å². The maximum Gasteiger partial charge on any atom is 0.241 e. The molecule has 1 amide bonds. The van der Waals surface area contributed by atoms with Gasteiger partial charge in [0.05, 0.1) is 0 Å². The lowest BCUT2D eigenvalue weighted by molar-refractivity contribution is -0.118. The van der Waals surface area contributed by atoms with Gasteiger partial charge in [0.1, 0.15) is 5.66 Å². The summed E-state index contributed by atoms with van der Waals surface area (Å²) in [7, 11) is -3.97. The molecule has 0 saturated carbocycles. The van der Waals surface area contributed by atoms with E-state index < -0.39 is 36.4 Å². The fourth-order valence-electron chi connectivity index (χ4n) is 2.95. The molecule has 0 spiro atoms. The van der Waals surface area contributed by atoms with Crippen molar-refractivity contribution in [3.63, 3.8) is 0 Å². The van der Waals surface area contributed by atoms with Crippen LogP contribution in [0.5, 0.6) is 0 Å². The molecule has 0 aliphatic rings. The Kier molecular flexibility index (Phi) is 7.70. The summed E-state index contributed by atoms with van der Waals surface area (Å²) >= 11 is 6.05. The van der Waals surface area contributed by atoms with Crippen molar-refractivity contribution in [2.24, 2.45) is 0 Å². The van der Waals surface area contributed by atoms with Crippen molar-refractivity contribution in [1.29, 1.82) is 0 Å². The molecule has 2 unspecified atom stereocenters. The number of hydrogen-bond acceptors (Lipinski definition) is 2. The van der Waals surface area contributed by atoms with E-state index in [1.54, 1.807) is 38.1 Å². The van der Waals surface area contributed by atoms with Crippen molar-refractivity contribution in [3.8, 4) is 0 Å². The topological polar surface area (TPSA) is 66.4 Å². The van der Waals surface area contributed by atoms with Crippen LogP contribution in [0.25, 0.3) is 11.6 Å². The molecule has 160 valence electrons. The third-order valence-electron chi connectivity index (χ3n) is 4.35. The van der Waals surface area contributed by atoms with Crippen LogP contribution in [0.1, 0.15) is 23.6 Å². The lowest BCUT2D eigenvalue weighted by Gasteiger charge is -2.23. The average Bonchev–Trinajstić information content (AvgIpc) is 2.65. The highest BCUT2D eigenvalue weighted by Crippen LogP contribution is 2.49. The Hall–Kier alpha value is -2.34. The molecule has 2 atom stereocenters. The van der Waals surface area contributed by atoms with Crippen molar-refractivity contribution < 1.29 is 27.4 Å². The Morgan fingerprint density at radius 1 is 1.20 bits per heavy atom. The summed E-state index contributed by atoms with van der Waals surface area (Å²) in [6, 6.07) is 6.49. The molecule has 0 bridgehead atoms. The highest BCUT2D eigenvalue weighted by molar-refractivity contribution is 7.59. The van der Waals surface area contributed by atoms with E-state index in [9.17, 15) is 27.4 Å². The summed E-state index contributed by atoms with van der Waals surface area (Å²) in [5.74, 6) is -5.15. The van der Waals surface area contributed by atoms with Gasteiger partial charge in [-0.15, -0.1) is 0 Å². The molecule has 9 heteroatoms. The zero-order chi connectivity index (χ0) is 22.6. The molecule has 2 aromatic carbocycles. The number of benzene rings is 2. The average molecular weight is 458 g/mol. The first-order valence-electron chi connectivity index (χ1n) is 8.79. The maximum absolute atomic E-state index is 13.3. The van der Waals surface area contributed by atoms with Gasteiger partial charge in [0.15, 0.2) is 17.5 Å². The number of halogens is 4. The SMILES string of the molecule is C/C=C(\c1cc(Cl)ccc1C)C(C(=O)N/C=C/c1cc(F)c(F)c(F)c1)P(C)(=O)O. The van der Waals surface area contributed by atoms with Crippen LogP contribution in [-0.2, 0) is 9.36 Å². The van der Waals surface area contributed by atoms with Crippen LogP contribution < -0.4 is 5.32 Å². The highest BCUT2D eigenvalue weighted by atomic mass is 35.5. The highest BCUT2D eigenvalue weighted by Gasteiger charge is 2.36. The molecule has 0 aliphatic carbocycles. The lowest BCUT2D eigenvalue weighted by atomic mass is 9.97. The molecule has 0 fully saturated rings. The van der Waals surface area contributed by atoms with Crippen molar-refractivity contribution in [1.82, 2.24) is 5.32 Å². The van der Waals surface area contributed by atoms with E-state index >= 15 is 0 Å². The fourth-order valence-corrected chi connectivity index (χ4v) is 4.44. The van der Waals surface area contributed by atoms with Crippen molar-refractivity contribution in [2.45, 2.75) is 19.5 Å². The summed E-state index contributed by atoms with van der Waals surface area (Å²) in [4.78, 5) is 23.0. The number of carbonyl (C=O) groups excluding carboxylic acids is 1. The van der Waals surface area contributed by atoms with E-state index in [4.69, 9.17) is 11.6 Å². The number of carbonyl (C=O) groups is 1. The first-order chi connectivity index (χ1) is 14.0. The second-order valence-corrected chi connectivity index (χ2v) is 9.53. The van der Waals surface area contributed by atoms with Crippen molar-refractivity contribution >= 4 is 36.5 Å². The van der Waals surface area contributed by atoms with Gasteiger partial charge in [0, 0.05) is 17.9 Å². The fraction of sp³-hybridized carbons (Fsp3) is 0.190. The summed E-state index contributed by atoms with van der Waals surface area (Å²) in [5, 5.41) is 2.75. The minimum absolute atomic E-state index is 0.0381. The maximum atomic E-state index is 13.3. The predicted molar refractivity (Wildman–Crippen MR) is 113 cm³/mol. The number of amides is 1. The van der Waals surface area contributed by atoms with Gasteiger partial charge in [-0.25, -0.2) is 13.2 Å². The van der Waals surface area contributed by atoms with Crippen LogP contribution in [0.4, 0.5) is 13.2 Å². The van der Waals surface area contributed by atoms with E-state index in [1.165, 1.54) is 0 Å². The number of hydrogen-bond donors (Lipinski definition) is 2. The van der Waals surface area contributed by atoms with Gasteiger partial charge in [-0.05, 0) is 66.5 Å². The number of rotatable bonds is 6. The number of allylic oxidation sites excluding steroid dienone is 1. The van der Waals surface area contributed by atoms with Gasteiger partial charge >= 0.3 is 0 Å². The minimum Gasteiger partial charge on any atom is -0.344 e. The van der Waals surface area contributed by atoms with Gasteiger partial charge in [-0.3, -0.25) is 9.36 Å². The molecule has 0 saturated heterocycles. The van der Waals surface area contributed by atoms with Crippen molar-refractivity contribution in [3.05, 3.63) is 81.8 Å². The zero-order valence-corrected chi connectivity index (χ0v) is 18.1. The molecule has 4 nitrogen and oxygen atoms in total. The van der Waals surface area contributed by atoms with E-state index in [1.807, 2.05) is 0 Å². The summed E-state index contributed by atoms with van der Waals surface area (Å²) < 4.78 is 52.2. The molecule has 2 rings (SSSR count). The summed E-state index contributed by atoms with van der Waals surface area (Å²) in [6.45, 7) is 4.47. The zero-order valence-electron chi connectivity index (χ0n) is 16.4. The molecule has 2 aromatic rings. The Morgan fingerprint density at radius 2 is 1.80 bits per heavy atom. The van der Waals surface area contributed by atoms with Crippen molar-refractivity contribution in [2.75, 3.05) is 6.66 Å². The van der Waals surface area contributed by atoms with Gasteiger partial charge in [-0.2, -0.15) is 0 Å². The van der Waals surface area contributed by atoms with Crippen LogP contribution in [0.3, 0.4) is 0 Å². The Balaban J connectivity index is 2.34. The third kappa shape index (κ3) is 5.63. The quantitative estimate of drug-likeness (QED) is 0.443. The van der Waals surface area contributed by atoms with Gasteiger partial charge in [0.25, 0.3) is 0 Å². The predicted octanol–water partition coefficient (Wildman–Crippen LogP) is 5.52. The summed E-state index contributed by atoms with van der Waals surface area (Å²) in [6.07, 6.45) is 3.76. The van der Waals surface area contributed by atoms with Gasteiger partial charge < -0.3 is 10.2 Å². The number of aryl methyl sites for hydroxylation is 1. The minimum atomic E-state index is -3.97. The molecule has 0 radical (unpaired) electrons. The van der Waals surface area contributed by atoms with Crippen LogP contribution >= 0.6 is 19.0 Å².